The first-order valence-electron chi connectivity index (χ1n) is 1.54. The molecule has 0 bridgehead atoms. The zero-order valence-electron chi connectivity index (χ0n) is 3.31. The Morgan fingerprint density at radius 1 is 1.57 bits per heavy atom. The van der Waals surface area contributed by atoms with Gasteiger partial charge in [-0.2, -0.15) is 5.26 Å². The van der Waals surface area contributed by atoms with Crippen LogP contribution in [0.5, 0.6) is 0 Å². The molecule has 0 heterocycles. The Labute approximate surface area is 51.3 Å². The number of nitriles is 1. The molecule has 0 fully saturated rings. The molecule has 1 N–H and O–H groups in total. The molecule has 1 unspecified atom stereocenters. The minimum absolute atomic E-state index is 0.995. The van der Waals surface area contributed by atoms with Gasteiger partial charge in [-0.1, -0.05) is 0 Å². The Morgan fingerprint density at radius 2 is 2.00 bits per heavy atom. The average molecular weight is 140 g/mol. The quantitative estimate of drug-likeness (QED) is 0.429. The molecule has 1 atom stereocenters. The van der Waals surface area contributed by atoms with E-state index in [1.54, 1.807) is 0 Å². The molecule has 0 aromatic carbocycles. The molecule has 0 spiro atoms. The molecule has 0 saturated heterocycles. The molecule has 0 aliphatic carbocycles. The Hall–Kier alpha value is 0.0300. The van der Waals surface area contributed by atoms with E-state index in [4.69, 9.17) is 33.6 Å². The number of nitrogens with zero attached hydrogens (tertiary/aromatic N) is 1. The second-order valence-corrected chi connectivity index (χ2v) is 2.07. The lowest BCUT2D eigenvalue weighted by atomic mass is 10.5. The van der Waals surface area contributed by atoms with Gasteiger partial charge in [0.2, 0.25) is 0 Å². The summed E-state index contributed by atoms with van der Waals surface area (Å²) in [6.45, 7) is 0. The van der Waals surface area contributed by atoms with Gasteiger partial charge in [0, 0.05) is 0 Å². The van der Waals surface area contributed by atoms with Crippen LogP contribution in [0.1, 0.15) is 0 Å². The Kier molecular flexibility index (Phi) is 3.10. The van der Waals surface area contributed by atoms with Crippen LogP contribution in [-0.2, 0) is 0 Å². The third-order valence-electron chi connectivity index (χ3n) is 0.371. The topological polar surface area (TPSA) is 44.0 Å². The van der Waals surface area contributed by atoms with Crippen LogP contribution < -0.4 is 0 Å². The van der Waals surface area contributed by atoms with Crippen LogP contribution in [0.3, 0.4) is 0 Å². The highest BCUT2D eigenvalue weighted by molar-refractivity contribution is 6.44. The highest BCUT2D eigenvalue weighted by Gasteiger charge is 2.09. The lowest BCUT2D eigenvalue weighted by Gasteiger charge is -1.96. The zero-order chi connectivity index (χ0) is 5.86. The third-order valence-corrected chi connectivity index (χ3v) is 0.848. The number of halogens is 2. The summed E-state index contributed by atoms with van der Waals surface area (Å²) in [5, 5.41) is 16.1. The molecule has 4 heteroatoms. The highest BCUT2D eigenvalue weighted by atomic mass is 35.5. The molecular weight excluding hydrogens is 137 g/mol. The van der Waals surface area contributed by atoms with Gasteiger partial charge in [-0.3, -0.25) is 0 Å². The summed E-state index contributed by atoms with van der Waals surface area (Å²) in [6, 6.07) is 1.46. The SMILES string of the molecule is N#CC(O)C(Cl)Cl. The van der Waals surface area contributed by atoms with Gasteiger partial charge < -0.3 is 5.11 Å². The molecule has 2 nitrogen and oxygen atoms in total. The summed E-state index contributed by atoms with van der Waals surface area (Å²) in [5.41, 5.74) is 0. The van der Waals surface area contributed by atoms with Crippen LogP contribution in [-0.4, -0.2) is 16.0 Å². The lowest BCUT2D eigenvalue weighted by molar-refractivity contribution is 0.245. The summed E-state index contributed by atoms with van der Waals surface area (Å²) in [5.74, 6) is 0. The standard InChI is InChI=1S/C3H3Cl2NO/c4-3(5)2(7)1-6/h2-3,7H. The Bertz CT molecular complexity index is 87.4. The van der Waals surface area contributed by atoms with Crippen molar-refractivity contribution in [3.63, 3.8) is 0 Å². The second kappa shape index (κ2) is 3.09. The molecule has 0 aliphatic rings. The fraction of sp³-hybridized carbons (Fsp3) is 0.667. The normalized spacial score (nSPS) is 13.6. The van der Waals surface area contributed by atoms with E-state index in [2.05, 4.69) is 0 Å². The number of aliphatic hydroxyl groups excluding tert-OH is 1. The zero-order valence-corrected chi connectivity index (χ0v) is 4.82. The van der Waals surface area contributed by atoms with E-state index in [9.17, 15) is 0 Å². The number of rotatable bonds is 1. The van der Waals surface area contributed by atoms with Crippen molar-refractivity contribution in [3.05, 3.63) is 0 Å². The summed E-state index contributed by atoms with van der Waals surface area (Å²) in [7, 11) is 0. The lowest BCUT2D eigenvalue weighted by Crippen LogP contribution is -2.11. The van der Waals surface area contributed by atoms with Crippen molar-refractivity contribution in [3.8, 4) is 6.07 Å². The van der Waals surface area contributed by atoms with Crippen LogP contribution >= 0.6 is 23.2 Å². The van der Waals surface area contributed by atoms with Gasteiger partial charge in [0.05, 0.1) is 6.07 Å². The van der Waals surface area contributed by atoms with Gasteiger partial charge in [0.1, 0.15) is 4.84 Å². The maximum Gasteiger partial charge on any atom is 0.170 e. The average Bonchev–Trinajstić information content (AvgIpc) is 1.65. The third kappa shape index (κ3) is 2.69. The summed E-state index contributed by atoms with van der Waals surface area (Å²) in [4.78, 5) is -0.995. The molecule has 0 aliphatic heterocycles. The first-order chi connectivity index (χ1) is 3.18. The number of aliphatic hydroxyl groups is 1. The van der Waals surface area contributed by atoms with E-state index in [0.717, 1.165) is 0 Å². The Morgan fingerprint density at radius 3 is 2.00 bits per heavy atom. The largest absolute Gasteiger partial charge is 0.375 e. The van der Waals surface area contributed by atoms with E-state index in [0.29, 0.717) is 0 Å². The van der Waals surface area contributed by atoms with Crippen molar-refractivity contribution < 1.29 is 5.11 Å². The minimum Gasteiger partial charge on any atom is -0.375 e. The number of hydrogen-bond acceptors (Lipinski definition) is 2. The van der Waals surface area contributed by atoms with Crippen molar-refractivity contribution >= 4 is 23.2 Å². The van der Waals surface area contributed by atoms with E-state index >= 15 is 0 Å². The molecule has 40 valence electrons. The maximum absolute atomic E-state index is 8.31. The number of hydrogen-bond donors (Lipinski definition) is 1. The first-order valence-corrected chi connectivity index (χ1v) is 2.41. The van der Waals surface area contributed by atoms with Gasteiger partial charge in [-0.15, -0.1) is 23.2 Å². The summed E-state index contributed by atoms with van der Waals surface area (Å²) < 4.78 is 0. The van der Waals surface area contributed by atoms with Gasteiger partial charge in [0.25, 0.3) is 0 Å². The van der Waals surface area contributed by atoms with E-state index in [1.165, 1.54) is 6.07 Å². The van der Waals surface area contributed by atoms with Crippen molar-refractivity contribution in [2.24, 2.45) is 0 Å². The molecular formula is C3H3Cl2NO. The van der Waals surface area contributed by atoms with Crippen LogP contribution in [0, 0.1) is 11.3 Å². The molecule has 0 aromatic rings. The van der Waals surface area contributed by atoms with Crippen molar-refractivity contribution in [2.45, 2.75) is 10.9 Å². The van der Waals surface area contributed by atoms with Gasteiger partial charge in [-0.25, -0.2) is 0 Å². The number of alkyl halides is 2. The maximum atomic E-state index is 8.31. The van der Waals surface area contributed by atoms with Crippen LogP contribution in [0.25, 0.3) is 0 Å². The van der Waals surface area contributed by atoms with Crippen LogP contribution in [0.4, 0.5) is 0 Å². The summed E-state index contributed by atoms with van der Waals surface area (Å²) >= 11 is 10.0. The van der Waals surface area contributed by atoms with Crippen molar-refractivity contribution in [2.75, 3.05) is 0 Å². The minimum atomic E-state index is -1.26. The first kappa shape index (κ1) is 7.03. The molecule has 0 aromatic heterocycles. The fourth-order valence-corrected chi connectivity index (χ4v) is 0.169. The molecule has 7 heavy (non-hydrogen) atoms. The van der Waals surface area contributed by atoms with Gasteiger partial charge >= 0.3 is 0 Å². The van der Waals surface area contributed by atoms with E-state index < -0.39 is 10.9 Å². The van der Waals surface area contributed by atoms with Crippen molar-refractivity contribution in [1.82, 2.24) is 0 Å². The second-order valence-electron chi connectivity index (χ2n) is 0.908. The smallest absolute Gasteiger partial charge is 0.170 e. The van der Waals surface area contributed by atoms with E-state index in [-0.39, 0.29) is 0 Å². The molecule has 0 saturated carbocycles. The predicted molar refractivity (Wildman–Crippen MR) is 27.1 cm³/mol. The van der Waals surface area contributed by atoms with Crippen molar-refractivity contribution in [1.29, 1.82) is 5.26 Å². The monoisotopic (exact) mass is 139 g/mol. The molecule has 0 amide bonds. The van der Waals surface area contributed by atoms with Crippen LogP contribution in [0.15, 0.2) is 0 Å². The molecule has 0 radical (unpaired) electrons. The van der Waals surface area contributed by atoms with Gasteiger partial charge in [-0.05, 0) is 0 Å². The van der Waals surface area contributed by atoms with E-state index in [1.807, 2.05) is 0 Å². The van der Waals surface area contributed by atoms with Crippen LogP contribution in [0.2, 0.25) is 0 Å². The fourth-order valence-electron chi connectivity index (χ4n) is 0.0563. The Balaban J connectivity index is 3.40. The predicted octanol–water partition coefficient (Wildman–Crippen LogP) is 0.675. The summed E-state index contributed by atoms with van der Waals surface area (Å²) in [6.07, 6.45) is -1.26. The molecule has 0 rings (SSSR count). The highest BCUT2D eigenvalue weighted by Crippen LogP contribution is 2.05. The van der Waals surface area contributed by atoms with Gasteiger partial charge in [0.15, 0.2) is 6.10 Å².